The van der Waals surface area contributed by atoms with Crippen molar-refractivity contribution in [2.75, 3.05) is 11.9 Å². The van der Waals surface area contributed by atoms with Crippen molar-refractivity contribution in [2.45, 2.75) is 45.0 Å². The molecule has 2 atom stereocenters. The number of para-hydroxylation sites is 1. The van der Waals surface area contributed by atoms with Crippen LogP contribution in [-0.2, 0) is 9.53 Å². The summed E-state index contributed by atoms with van der Waals surface area (Å²) in [5.74, 6) is -1.44. The van der Waals surface area contributed by atoms with E-state index in [1.807, 2.05) is 0 Å². The summed E-state index contributed by atoms with van der Waals surface area (Å²) in [6.07, 6.45) is -3.07. The predicted molar refractivity (Wildman–Crippen MR) is 89.2 cm³/mol. The number of Topliss-reactive ketones (excluding diaryl/α,β-unsaturated/α-hetero) is 1. The van der Waals surface area contributed by atoms with Gasteiger partial charge in [-0.3, -0.25) is 9.59 Å². The average Bonchev–Trinajstić information content (AvgIpc) is 2.80. The van der Waals surface area contributed by atoms with E-state index in [2.05, 4.69) is 10.6 Å². The van der Waals surface area contributed by atoms with Crippen LogP contribution in [0, 0.1) is 0 Å². The number of ether oxygens (including phenoxy) is 1. The maximum Gasteiger partial charge on any atom is 0.407 e. The van der Waals surface area contributed by atoms with E-state index in [1.165, 1.54) is 18.2 Å². The molecule has 0 aliphatic carbocycles. The molecular weight excluding hydrogens is 328 g/mol. The molecule has 1 aliphatic rings. The molecule has 4 N–H and O–H groups in total. The summed E-state index contributed by atoms with van der Waals surface area (Å²) < 4.78 is 5.07. The van der Waals surface area contributed by atoms with Crippen LogP contribution < -0.4 is 10.6 Å². The second-order valence-electron chi connectivity index (χ2n) is 6.78. The lowest BCUT2D eigenvalue weighted by Crippen LogP contribution is -2.34. The van der Waals surface area contributed by atoms with Crippen LogP contribution in [0.1, 0.15) is 49.2 Å². The number of fused-ring (bicyclic) bond motifs is 1. The quantitative estimate of drug-likeness (QED) is 0.590. The number of rotatable bonds is 5. The predicted octanol–water partition coefficient (Wildman–Crippen LogP) is 1.13. The van der Waals surface area contributed by atoms with Gasteiger partial charge in [0.1, 0.15) is 11.7 Å². The largest absolute Gasteiger partial charge is 0.444 e. The molecule has 136 valence electrons. The van der Waals surface area contributed by atoms with E-state index in [4.69, 9.17) is 4.74 Å². The van der Waals surface area contributed by atoms with Gasteiger partial charge in [0.15, 0.2) is 0 Å². The zero-order valence-corrected chi connectivity index (χ0v) is 14.3. The van der Waals surface area contributed by atoms with E-state index in [9.17, 15) is 24.6 Å². The fourth-order valence-electron chi connectivity index (χ4n) is 2.44. The van der Waals surface area contributed by atoms with Crippen LogP contribution in [0.5, 0.6) is 0 Å². The van der Waals surface area contributed by atoms with Gasteiger partial charge in [0, 0.05) is 12.1 Å². The van der Waals surface area contributed by atoms with Crippen molar-refractivity contribution in [3.05, 3.63) is 29.3 Å². The maximum atomic E-state index is 11.7. The Balaban J connectivity index is 1.96. The van der Waals surface area contributed by atoms with Gasteiger partial charge in [0.25, 0.3) is 11.7 Å². The first kappa shape index (κ1) is 18.9. The standard InChI is InChI=1S/C17H22N2O6/c1-17(2,3)25-16(24)18-8-7-11(20)13(21)9-5-4-6-10-12(9)19-15(23)14(10)22/h4-6,11,13,20-21H,7-8H2,1-3H3,(H,18,24)(H,19,22,23). The molecule has 1 heterocycles. The Hall–Kier alpha value is -2.45. The van der Waals surface area contributed by atoms with Gasteiger partial charge in [0.2, 0.25) is 0 Å². The summed E-state index contributed by atoms with van der Waals surface area (Å²) in [6.45, 7) is 5.29. The second-order valence-corrected chi connectivity index (χ2v) is 6.78. The molecule has 0 saturated heterocycles. The van der Waals surface area contributed by atoms with Crippen LogP contribution in [0.3, 0.4) is 0 Å². The van der Waals surface area contributed by atoms with Crippen molar-refractivity contribution in [2.24, 2.45) is 0 Å². The van der Waals surface area contributed by atoms with Gasteiger partial charge in [-0.1, -0.05) is 12.1 Å². The number of aliphatic hydroxyl groups excluding tert-OH is 2. The van der Waals surface area contributed by atoms with Crippen LogP contribution >= 0.6 is 0 Å². The summed E-state index contributed by atoms with van der Waals surface area (Å²) in [4.78, 5) is 34.7. The van der Waals surface area contributed by atoms with Crippen LogP contribution in [0.15, 0.2) is 18.2 Å². The molecular formula is C17H22N2O6. The van der Waals surface area contributed by atoms with Crippen LogP contribution in [0.2, 0.25) is 0 Å². The molecule has 2 rings (SSSR count). The number of hydrogen-bond donors (Lipinski definition) is 4. The fraction of sp³-hybridized carbons (Fsp3) is 0.471. The minimum absolute atomic E-state index is 0.0615. The van der Waals surface area contributed by atoms with Crippen LogP contribution in [-0.4, -0.2) is 46.2 Å². The minimum Gasteiger partial charge on any atom is -0.444 e. The molecule has 0 bridgehead atoms. The molecule has 2 unspecified atom stereocenters. The van der Waals surface area contributed by atoms with Gasteiger partial charge < -0.3 is 25.6 Å². The number of aliphatic hydroxyl groups is 2. The number of alkyl carbamates (subject to hydrolysis) is 1. The molecule has 1 aliphatic heterocycles. The number of benzene rings is 1. The van der Waals surface area contributed by atoms with Gasteiger partial charge in [-0.15, -0.1) is 0 Å². The van der Waals surface area contributed by atoms with Crippen LogP contribution in [0.25, 0.3) is 0 Å². The Morgan fingerprint density at radius 2 is 1.96 bits per heavy atom. The highest BCUT2D eigenvalue weighted by Crippen LogP contribution is 2.33. The Morgan fingerprint density at radius 1 is 1.28 bits per heavy atom. The van der Waals surface area contributed by atoms with Crippen molar-refractivity contribution in [1.82, 2.24) is 5.32 Å². The monoisotopic (exact) mass is 350 g/mol. The van der Waals surface area contributed by atoms with E-state index in [0.717, 1.165) is 0 Å². The summed E-state index contributed by atoms with van der Waals surface area (Å²) in [5, 5.41) is 25.3. The summed E-state index contributed by atoms with van der Waals surface area (Å²) in [6, 6.07) is 4.52. The van der Waals surface area contributed by atoms with Crippen molar-refractivity contribution < 1.29 is 29.3 Å². The van der Waals surface area contributed by atoms with Gasteiger partial charge in [-0.2, -0.15) is 0 Å². The molecule has 1 aromatic carbocycles. The molecule has 2 amide bonds. The number of carbonyl (C=O) groups is 3. The normalized spacial score (nSPS) is 16.0. The molecule has 0 saturated carbocycles. The summed E-state index contributed by atoms with van der Waals surface area (Å²) in [7, 11) is 0. The first-order valence-electron chi connectivity index (χ1n) is 7.91. The highest BCUT2D eigenvalue weighted by atomic mass is 16.6. The van der Waals surface area contributed by atoms with E-state index in [0.29, 0.717) is 0 Å². The second kappa shape index (κ2) is 7.20. The van der Waals surface area contributed by atoms with Gasteiger partial charge in [0.05, 0.1) is 17.4 Å². The van der Waals surface area contributed by atoms with Crippen LogP contribution in [0.4, 0.5) is 10.5 Å². The molecule has 8 heteroatoms. The van der Waals surface area contributed by atoms with E-state index >= 15 is 0 Å². The molecule has 8 nitrogen and oxygen atoms in total. The number of ketones is 1. The van der Waals surface area contributed by atoms with E-state index < -0.39 is 35.6 Å². The number of hydrogen-bond acceptors (Lipinski definition) is 6. The van der Waals surface area contributed by atoms with Crippen molar-refractivity contribution in [1.29, 1.82) is 0 Å². The summed E-state index contributed by atoms with van der Waals surface area (Å²) in [5.41, 5.74) is 0.00336. The highest BCUT2D eigenvalue weighted by Gasteiger charge is 2.32. The number of carbonyl (C=O) groups excluding carboxylic acids is 3. The average molecular weight is 350 g/mol. The zero-order chi connectivity index (χ0) is 18.8. The molecule has 0 spiro atoms. The fourth-order valence-corrected chi connectivity index (χ4v) is 2.44. The smallest absolute Gasteiger partial charge is 0.407 e. The lowest BCUT2D eigenvalue weighted by molar-refractivity contribution is -0.112. The number of nitrogens with one attached hydrogen (secondary N) is 2. The number of amides is 2. The van der Waals surface area contributed by atoms with Crippen molar-refractivity contribution in [3.63, 3.8) is 0 Å². The molecule has 0 aromatic heterocycles. The lowest BCUT2D eigenvalue weighted by atomic mass is 9.98. The Morgan fingerprint density at radius 3 is 2.60 bits per heavy atom. The Kier molecular flexibility index (Phi) is 5.44. The van der Waals surface area contributed by atoms with E-state index in [-0.39, 0.29) is 29.8 Å². The molecule has 0 fully saturated rings. The maximum absolute atomic E-state index is 11.7. The number of anilines is 1. The first-order chi connectivity index (χ1) is 11.6. The molecule has 1 aromatic rings. The van der Waals surface area contributed by atoms with Gasteiger partial charge in [-0.25, -0.2) is 4.79 Å². The Labute approximate surface area is 145 Å². The third-order valence-corrected chi connectivity index (χ3v) is 3.58. The van der Waals surface area contributed by atoms with E-state index in [1.54, 1.807) is 20.8 Å². The minimum atomic E-state index is -1.32. The third kappa shape index (κ3) is 4.55. The topological polar surface area (TPSA) is 125 Å². The van der Waals surface area contributed by atoms with Gasteiger partial charge >= 0.3 is 6.09 Å². The molecule has 0 radical (unpaired) electrons. The summed E-state index contributed by atoms with van der Waals surface area (Å²) >= 11 is 0. The van der Waals surface area contributed by atoms with Crippen molar-refractivity contribution in [3.8, 4) is 0 Å². The zero-order valence-electron chi connectivity index (χ0n) is 14.3. The molecule has 25 heavy (non-hydrogen) atoms. The third-order valence-electron chi connectivity index (χ3n) is 3.58. The first-order valence-corrected chi connectivity index (χ1v) is 7.91. The Bertz CT molecular complexity index is 695. The highest BCUT2D eigenvalue weighted by molar-refractivity contribution is 6.51. The van der Waals surface area contributed by atoms with Crippen molar-refractivity contribution >= 4 is 23.5 Å². The lowest BCUT2D eigenvalue weighted by Gasteiger charge is -2.22. The SMILES string of the molecule is CC(C)(C)OC(=O)NCCC(O)C(O)c1cccc2c1NC(=O)C2=O. The van der Waals surface area contributed by atoms with Gasteiger partial charge in [-0.05, 0) is 33.3 Å².